The summed E-state index contributed by atoms with van der Waals surface area (Å²) in [6, 6.07) is 15.0. The van der Waals surface area contributed by atoms with Gasteiger partial charge in [-0.05, 0) is 48.7 Å². The second kappa shape index (κ2) is 9.62. The Morgan fingerprint density at radius 1 is 0.760 bits per heavy atom. The molecule has 136 valence electrons. The fourth-order valence-electron chi connectivity index (χ4n) is 2.78. The molecule has 0 unspecified atom stereocenters. The third kappa shape index (κ3) is 5.89. The summed E-state index contributed by atoms with van der Waals surface area (Å²) in [7, 11) is -3.18. The van der Waals surface area contributed by atoms with Gasteiger partial charge in [0.25, 0.3) is 0 Å². The van der Waals surface area contributed by atoms with Crippen molar-refractivity contribution < 1.29 is 13.2 Å². The summed E-state index contributed by atoms with van der Waals surface area (Å²) in [6.45, 7) is 4.75. The highest BCUT2D eigenvalue weighted by atomic mass is 32.2. The van der Waals surface area contributed by atoms with Crippen molar-refractivity contribution in [1.29, 1.82) is 0 Å². The Balaban J connectivity index is 2.00. The molecule has 25 heavy (non-hydrogen) atoms. The average molecular weight is 361 g/mol. The van der Waals surface area contributed by atoms with Gasteiger partial charge in [-0.3, -0.25) is 0 Å². The summed E-state index contributed by atoms with van der Waals surface area (Å²) >= 11 is 0. The van der Waals surface area contributed by atoms with E-state index in [-0.39, 0.29) is 5.75 Å². The smallest absolute Gasteiger partial charge is 0.178 e. The largest absolute Gasteiger partial charge is 0.494 e. The number of hydrogen-bond acceptors (Lipinski definition) is 3. The molecule has 0 amide bonds. The minimum Gasteiger partial charge on any atom is -0.494 e. The van der Waals surface area contributed by atoms with Gasteiger partial charge < -0.3 is 4.74 Å². The van der Waals surface area contributed by atoms with Gasteiger partial charge >= 0.3 is 0 Å². The first-order chi connectivity index (χ1) is 12.1. The van der Waals surface area contributed by atoms with E-state index in [4.69, 9.17) is 4.74 Å². The van der Waals surface area contributed by atoms with E-state index < -0.39 is 9.84 Å². The van der Waals surface area contributed by atoms with Crippen LogP contribution >= 0.6 is 0 Å². The van der Waals surface area contributed by atoms with Gasteiger partial charge in [-0.2, -0.15) is 0 Å². The zero-order chi connectivity index (χ0) is 18.1. The lowest BCUT2D eigenvalue weighted by Gasteiger charge is -2.08. The predicted molar refractivity (Wildman–Crippen MR) is 104 cm³/mol. The molecule has 0 heterocycles. The number of ether oxygens (including phenoxy) is 1. The zero-order valence-corrected chi connectivity index (χ0v) is 16.0. The lowest BCUT2D eigenvalue weighted by atomic mass is 10.1. The molecular formula is C21H28O3S. The highest BCUT2D eigenvalue weighted by molar-refractivity contribution is 7.91. The first kappa shape index (κ1) is 19.5. The van der Waals surface area contributed by atoms with E-state index in [0.29, 0.717) is 11.5 Å². The number of rotatable bonds is 10. The van der Waals surface area contributed by atoms with E-state index in [1.54, 1.807) is 12.1 Å². The average Bonchev–Trinajstić information content (AvgIpc) is 2.62. The molecule has 0 bridgehead atoms. The van der Waals surface area contributed by atoms with Gasteiger partial charge in [0.15, 0.2) is 9.84 Å². The quantitative estimate of drug-likeness (QED) is 0.526. The summed E-state index contributed by atoms with van der Waals surface area (Å²) in [5, 5.41) is 0. The normalized spacial score (nSPS) is 11.4. The Kier molecular flexibility index (Phi) is 7.51. The Labute approximate surface area is 152 Å². The van der Waals surface area contributed by atoms with Crippen LogP contribution in [-0.2, 0) is 9.84 Å². The van der Waals surface area contributed by atoms with Crippen molar-refractivity contribution in [2.24, 2.45) is 0 Å². The molecule has 2 aromatic carbocycles. The molecule has 0 aromatic heterocycles. The lowest BCUT2D eigenvalue weighted by Crippen LogP contribution is -2.06. The first-order valence-corrected chi connectivity index (χ1v) is 10.8. The van der Waals surface area contributed by atoms with E-state index in [9.17, 15) is 8.42 Å². The van der Waals surface area contributed by atoms with Crippen LogP contribution in [0.5, 0.6) is 5.75 Å². The zero-order valence-electron chi connectivity index (χ0n) is 15.2. The number of hydrogen-bond donors (Lipinski definition) is 0. The molecule has 0 atom stereocenters. The van der Waals surface area contributed by atoms with Gasteiger partial charge in [-0.25, -0.2) is 8.42 Å². The van der Waals surface area contributed by atoms with Crippen LogP contribution in [0, 0.1) is 0 Å². The van der Waals surface area contributed by atoms with E-state index in [1.165, 1.54) is 12.8 Å². The highest BCUT2D eigenvalue weighted by Gasteiger charge is 2.14. The van der Waals surface area contributed by atoms with Crippen LogP contribution in [0.4, 0.5) is 0 Å². The molecule has 2 aromatic rings. The van der Waals surface area contributed by atoms with Gasteiger partial charge in [0.05, 0.1) is 17.3 Å². The van der Waals surface area contributed by atoms with Crippen molar-refractivity contribution in [2.75, 3.05) is 12.4 Å². The molecule has 0 N–H and O–H groups in total. The molecule has 0 radical (unpaired) electrons. The minimum atomic E-state index is -3.18. The van der Waals surface area contributed by atoms with Gasteiger partial charge in [0, 0.05) is 0 Å². The molecule has 0 spiro atoms. The van der Waals surface area contributed by atoms with Crippen LogP contribution in [0.15, 0.2) is 53.4 Å². The van der Waals surface area contributed by atoms with Crippen molar-refractivity contribution in [3.05, 3.63) is 48.5 Å². The molecule has 0 aliphatic rings. The van der Waals surface area contributed by atoms with Gasteiger partial charge in [-0.1, -0.05) is 56.9 Å². The van der Waals surface area contributed by atoms with Crippen molar-refractivity contribution >= 4 is 9.84 Å². The third-order valence-corrected chi connectivity index (χ3v) is 6.05. The molecule has 0 saturated carbocycles. The predicted octanol–water partition coefficient (Wildman–Crippen LogP) is 5.50. The minimum absolute atomic E-state index is 0.235. The topological polar surface area (TPSA) is 43.4 Å². The van der Waals surface area contributed by atoms with E-state index in [2.05, 4.69) is 6.92 Å². The molecule has 0 aliphatic carbocycles. The van der Waals surface area contributed by atoms with Crippen LogP contribution in [0.25, 0.3) is 11.1 Å². The summed E-state index contributed by atoms with van der Waals surface area (Å²) in [4.78, 5) is 0.415. The molecule has 4 heteroatoms. The summed E-state index contributed by atoms with van der Waals surface area (Å²) in [5.41, 5.74) is 2.05. The molecule has 3 nitrogen and oxygen atoms in total. The Morgan fingerprint density at radius 3 is 1.88 bits per heavy atom. The van der Waals surface area contributed by atoms with Crippen molar-refractivity contribution in [2.45, 2.75) is 50.8 Å². The van der Waals surface area contributed by atoms with Crippen LogP contribution < -0.4 is 4.74 Å². The molecule has 0 aliphatic heterocycles. The van der Waals surface area contributed by atoms with Gasteiger partial charge in [0.1, 0.15) is 5.75 Å². The van der Waals surface area contributed by atoms with Gasteiger partial charge in [0.2, 0.25) is 0 Å². The highest BCUT2D eigenvalue weighted by Crippen LogP contribution is 2.24. The Bertz CT molecular complexity index is 732. The van der Waals surface area contributed by atoms with Crippen molar-refractivity contribution in [3.63, 3.8) is 0 Å². The van der Waals surface area contributed by atoms with E-state index in [0.717, 1.165) is 36.1 Å². The number of sulfone groups is 1. The SMILES string of the molecule is CCCCCCCS(=O)(=O)c1ccc(-c2ccc(OCC)cc2)cc1. The summed E-state index contributed by atoms with van der Waals surface area (Å²) in [5.74, 6) is 1.08. The molecule has 0 saturated heterocycles. The van der Waals surface area contributed by atoms with E-state index in [1.807, 2.05) is 43.3 Å². The van der Waals surface area contributed by atoms with Crippen LogP contribution in [-0.4, -0.2) is 20.8 Å². The third-order valence-electron chi connectivity index (χ3n) is 4.23. The fraction of sp³-hybridized carbons (Fsp3) is 0.429. The number of benzene rings is 2. The maximum absolute atomic E-state index is 12.4. The maximum Gasteiger partial charge on any atom is 0.178 e. The lowest BCUT2D eigenvalue weighted by molar-refractivity contribution is 0.340. The van der Waals surface area contributed by atoms with Crippen molar-refractivity contribution in [1.82, 2.24) is 0 Å². The van der Waals surface area contributed by atoms with E-state index >= 15 is 0 Å². The fourth-order valence-corrected chi connectivity index (χ4v) is 4.15. The molecule has 2 rings (SSSR count). The second-order valence-corrected chi connectivity index (χ2v) is 8.32. The monoisotopic (exact) mass is 360 g/mol. The molecular weight excluding hydrogens is 332 g/mol. The van der Waals surface area contributed by atoms with Crippen molar-refractivity contribution in [3.8, 4) is 16.9 Å². The first-order valence-electron chi connectivity index (χ1n) is 9.13. The number of unbranched alkanes of at least 4 members (excludes halogenated alkanes) is 4. The molecule has 0 fully saturated rings. The Hall–Kier alpha value is -1.81. The van der Waals surface area contributed by atoms with Crippen LogP contribution in [0.1, 0.15) is 46.0 Å². The Morgan fingerprint density at radius 2 is 1.32 bits per heavy atom. The van der Waals surface area contributed by atoms with Crippen LogP contribution in [0.2, 0.25) is 0 Å². The van der Waals surface area contributed by atoms with Crippen LogP contribution in [0.3, 0.4) is 0 Å². The maximum atomic E-state index is 12.4. The standard InChI is InChI=1S/C21H28O3S/c1-3-5-6-7-8-17-25(22,23)21-15-11-19(12-16-21)18-9-13-20(14-10-18)24-4-2/h9-16H,3-8,17H2,1-2H3. The second-order valence-electron chi connectivity index (χ2n) is 6.21. The summed E-state index contributed by atoms with van der Waals surface area (Å²) in [6.07, 6.45) is 5.18. The summed E-state index contributed by atoms with van der Waals surface area (Å²) < 4.78 is 30.3. The van der Waals surface area contributed by atoms with Gasteiger partial charge in [-0.15, -0.1) is 0 Å².